The van der Waals surface area contributed by atoms with Gasteiger partial charge < -0.3 is 14.9 Å². The number of hydrogen-bond acceptors (Lipinski definition) is 4. The molecule has 0 fully saturated rings. The molecule has 32 heavy (non-hydrogen) atoms. The summed E-state index contributed by atoms with van der Waals surface area (Å²) in [6, 6.07) is 0. The van der Waals surface area contributed by atoms with Gasteiger partial charge in [-0.15, -0.1) is 0 Å². The van der Waals surface area contributed by atoms with Crippen LogP contribution in [0.4, 0.5) is 0 Å². The molecule has 0 spiro atoms. The standard InChI is InChI=1S/C28H56O4/c1-6-9-12-13-14-15-16-19-22-27(31)32-28(26(30)23-29,24(4)20-17-10-7-2)25(5)21-18-11-8-3/h24-26,29-30H,6-23H2,1-5H3. The Labute approximate surface area is 199 Å². The van der Waals surface area contributed by atoms with Gasteiger partial charge in [-0.05, 0) is 31.1 Å². The molecule has 0 amide bonds. The number of ether oxygens (including phenoxy) is 1. The van der Waals surface area contributed by atoms with Crippen molar-refractivity contribution in [3.63, 3.8) is 0 Å². The van der Waals surface area contributed by atoms with Crippen LogP contribution < -0.4 is 0 Å². The number of carbonyl (C=O) groups excluding carboxylic acids is 1. The average Bonchev–Trinajstić information content (AvgIpc) is 2.78. The molecular formula is C28H56O4. The van der Waals surface area contributed by atoms with Gasteiger partial charge in [-0.1, -0.05) is 118 Å². The van der Waals surface area contributed by atoms with Gasteiger partial charge in [0, 0.05) is 6.42 Å². The number of aliphatic hydroxyl groups excluding tert-OH is 2. The molecule has 3 unspecified atom stereocenters. The molecule has 0 rings (SSSR count). The number of unbranched alkanes of at least 4 members (excludes halogenated alkanes) is 11. The number of rotatable bonds is 22. The van der Waals surface area contributed by atoms with Crippen molar-refractivity contribution in [3.8, 4) is 0 Å². The van der Waals surface area contributed by atoms with Crippen LogP contribution in [0.2, 0.25) is 0 Å². The van der Waals surface area contributed by atoms with Crippen LogP contribution in [0.15, 0.2) is 0 Å². The fourth-order valence-corrected chi connectivity index (χ4v) is 5.06. The Hall–Kier alpha value is -0.610. The zero-order chi connectivity index (χ0) is 24.2. The Morgan fingerprint density at radius 2 is 1.12 bits per heavy atom. The normalized spacial score (nSPS) is 16.3. The van der Waals surface area contributed by atoms with Crippen LogP contribution in [0.5, 0.6) is 0 Å². The smallest absolute Gasteiger partial charge is 0.306 e. The molecule has 0 aromatic heterocycles. The lowest BCUT2D eigenvalue weighted by Crippen LogP contribution is -2.57. The second-order valence-electron chi connectivity index (χ2n) is 10.0. The molecule has 0 aromatic rings. The molecule has 192 valence electrons. The SMILES string of the molecule is CCCCCCCCCCC(=O)OC(C(C)CCCCC)(C(C)CCCCC)C(O)CO. The Morgan fingerprint density at radius 1 is 0.719 bits per heavy atom. The maximum absolute atomic E-state index is 12.9. The quantitative estimate of drug-likeness (QED) is 0.130. The van der Waals surface area contributed by atoms with E-state index >= 15 is 0 Å². The summed E-state index contributed by atoms with van der Waals surface area (Å²) in [5, 5.41) is 20.9. The maximum atomic E-state index is 12.9. The summed E-state index contributed by atoms with van der Waals surface area (Å²) in [4.78, 5) is 12.9. The van der Waals surface area contributed by atoms with Gasteiger partial charge in [0.2, 0.25) is 0 Å². The van der Waals surface area contributed by atoms with E-state index in [1.54, 1.807) is 0 Å². The van der Waals surface area contributed by atoms with Crippen molar-refractivity contribution < 1.29 is 19.7 Å². The lowest BCUT2D eigenvalue weighted by molar-refractivity contribution is -0.205. The largest absolute Gasteiger partial charge is 0.456 e. The lowest BCUT2D eigenvalue weighted by atomic mass is 9.70. The fourth-order valence-electron chi connectivity index (χ4n) is 5.06. The van der Waals surface area contributed by atoms with E-state index in [1.165, 1.54) is 38.5 Å². The summed E-state index contributed by atoms with van der Waals surface area (Å²) in [7, 11) is 0. The van der Waals surface area contributed by atoms with Gasteiger partial charge in [0.05, 0.1) is 6.61 Å². The van der Waals surface area contributed by atoms with Crippen molar-refractivity contribution in [1.82, 2.24) is 0 Å². The number of aliphatic hydroxyl groups is 2. The first kappa shape index (κ1) is 31.4. The third kappa shape index (κ3) is 12.0. The minimum atomic E-state index is -1.04. The molecule has 2 N–H and O–H groups in total. The molecule has 0 radical (unpaired) electrons. The van der Waals surface area contributed by atoms with E-state index in [0.29, 0.717) is 6.42 Å². The van der Waals surface area contributed by atoms with Crippen LogP contribution in [0, 0.1) is 11.8 Å². The lowest BCUT2D eigenvalue weighted by Gasteiger charge is -2.46. The Balaban J connectivity index is 5.07. The van der Waals surface area contributed by atoms with E-state index in [2.05, 4.69) is 34.6 Å². The monoisotopic (exact) mass is 456 g/mol. The first-order valence-electron chi connectivity index (χ1n) is 13.9. The van der Waals surface area contributed by atoms with Crippen LogP contribution in [0.3, 0.4) is 0 Å². The highest BCUT2D eigenvalue weighted by molar-refractivity contribution is 5.70. The summed E-state index contributed by atoms with van der Waals surface area (Å²) in [5.41, 5.74) is -1.01. The topological polar surface area (TPSA) is 66.8 Å². The summed E-state index contributed by atoms with van der Waals surface area (Å²) >= 11 is 0. The molecule has 0 aliphatic heterocycles. The minimum Gasteiger partial charge on any atom is -0.456 e. The van der Waals surface area contributed by atoms with Crippen molar-refractivity contribution in [2.45, 2.75) is 155 Å². The molecule has 3 atom stereocenters. The van der Waals surface area contributed by atoms with Crippen LogP contribution in [-0.2, 0) is 9.53 Å². The number of esters is 1. The van der Waals surface area contributed by atoms with Crippen LogP contribution in [-0.4, -0.2) is 34.5 Å². The van der Waals surface area contributed by atoms with Crippen molar-refractivity contribution in [3.05, 3.63) is 0 Å². The van der Waals surface area contributed by atoms with Crippen molar-refractivity contribution in [2.75, 3.05) is 6.61 Å². The molecule has 4 heteroatoms. The van der Waals surface area contributed by atoms with Crippen molar-refractivity contribution in [1.29, 1.82) is 0 Å². The van der Waals surface area contributed by atoms with Gasteiger partial charge in [0.1, 0.15) is 11.7 Å². The second-order valence-corrected chi connectivity index (χ2v) is 10.0. The molecule has 0 aliphatic rings. The third-order valence-electron chi connectivity index (χ3n) is 7.24. The van der Waals surface area contributed by atoms with Gasteiger partial charge in [-0.25, -0.2) is 0 Å². The van der Waals surface area contributed by atoms with Crippen molar-refractivity contribution in [2.24, 2.45) is 11.8 Å². The highest BCUT2D eigenvalue weighted by atomic mass is 16.6. The highest BCUT2D eigenvalue weighted by Gasteiger charge is 2.49. The minimum absolute atomic E-state index is 0.00958. The van der Waals surface area contributed by atoms with Crippen LogP contribution >= 0.6 is 0 Å². The Bertz CT molecular complexity index is 421. The van der Waals surface area contributed by atoms with Gasteiger partial charge in [0.15, 0.2) is 0 Å². The average molecular weight is 457 g/mol. The predicted octanol–water partition coefficient (Wildman–Crippen LogP) is 7.59. The predicted molar refractivity (Wildman–Crippen MR) is 136 cm³/mol. The van der Waals surface area contributed by atoms with Crippen LogP contribution in [0.1, 0.15) is 144 Å². The van der Waals surface area contributed by atoms with E-state index in [0.717, 1.165) is 64.2 Å². The van der Waals surface area contributed by atoms with Gasteiger partial charge in [-0.2, -0.15) is 0 Å². The van der Waals surface area contributed by atoms with Gasteiger partial charge in [-0.3, -0.25) is 4.79 Å². The second kappa shape index (κ2) is 19.8. The van der Waals surface area contributed by atoms with E-state index in [9.17, 15) is 15.0 Å². The summed E-state index contributed by atoms with van der Waals surface area (Å²) in [6.07, 6.45) is 17.3. The van der Waals surface area contributed by atoms with Crippen molar-refractivity contribution >= 4 is 5.97 Å². The highest BCUT2D eigenvalue weighted by Crippen LogP contribution is 2.40. The molecule has 0 aromatic carbocycles. The molecule has 4 nitrogen and oxygen atoms in total. The summed E-state index contributed by atoms with van der Waals surface area (Å²) in [6.45, 7) is 10.4. The first-order valence-corrected chi connectivity index (χ1v) is 13.9. The number of hydrogen-bond donors (Lipinski definition) is 2. The zero-order valence-electron chi connectivity index (χ0n) is 22.2. The molecule has 0 bridgehead atoms. The maximum Gasteiger partial charge on any atom is 0.306 e. The van der Waals surface area contributed by atoms with E-state index in [1.807, 2.05) is 0 Å². The molecule has 0 saturated heterocycles. The molecule has 0 aliphatic carbocycles. The van der Waals surface area contributed by atoms with E-state index in [-0.39, 0.29) is 24.4 Å². The van der Waals surface area contributed by atoms with E-state index < -0.39 is 11.7 Å². The molecular weight excluding hydrogens is 400 g/mol. The van der Waals surface area contributed by atoms with Crippen LogP contribution in [0.25, 0.3) is 0 Å². The summed E-state index contributed by atoms with van der Waals surface area (Å²) < 4.78 is 6.19. The van der Waals surface area contributed by atoms with Gasteiger partial charge >= 0.3 is 5.97 Å². The fraction of sp³-hybridized carbons (Fsp3) is 0.964. The zero-order valence-corrected chi connectivity index (χ0v) is 22.2. The first-order chi connectivity index (χ1) is 15.4. The summed E-state index contributed by atoms with van der Waals surface area (Å²) in [5.74, 6) is -0.196. The Morgan fingerprint density at radius 3 is 1.56 bits per heavy atom. The number of carbonyl (C=O) groups is 1. The molecule has 0 saturated carbocycles. The Kier molecular flexibility index (Phi) is 19.4. The van der Waals surface area contributed by atoms with E-state index in [4.69, 9.17) is 4.74 Å². The third-order valence-corrected chi connectivity index (χ3v) is 7.24. The molecule has 0 heterocycles. The van der Waals surface area contributed by atoms with Gasteiger partial charge in [0.25, 0.3) is 0 Å².